The van der Waals surface area contributed by atoms with Crippen molar-refractivity contribution in [1.29, 1.82) is 0 Å². The Balaban J connectivity index is 2.31. The number of piperidine rings is 1. The summed E-state index contributed by atoms with van der Waals surface area (Å²) >= 11 is 0. The molecule has 82 valence electrons. The molecule has 1 fully saturated rings. The van der Waals surface area contributed by atoms with Crippen LogP contribution < -0.4 is 0 Å². The number of aliphatic hydroxyl groups is 1. The van der Waals surface area contributed by atoms with Crippen molar-refractivity contribution in [2.75, 3.05) is 19.7 Å². The molecular formula is C11H21NO2. The highest BCUT2D eigenvalue weighted by atomic mass is 16.3. The van der Waals surface area contributed by atoms with Crippen LogP contribution in [0.5, 0.6) is 0 Å². The lowest BCUT2D eigenvalue weighted by Gasteiger charge is -2.33. The van der Waals surface area contributed by atoms with Gasteiger partial charge in [-0.25, -0.2) is 0 Å². The maximum absolute atomic E-state index is 11.4. The normalized spacial score (nSPS) is 19.0. The van der Waals surface area contributed by atoms with E-state index in [1.54, 1.807) is 0 Å². The van der Waals surface area contributed by atoms with Crippen LogP contribution in [0.25, 0.3) is 0 Å². The molecule has 0 atom stereocenters. The molecule has 1 aliphatic heterocycles. The van der Waals surface area contributed by atoms with Gasteiger partial charge in [-0.3, -0.25) is 4.79 Å². The Bertz CT molecular complexity index is 184. The zero-order valence-corrected chi connectivity index (χ0v) is 9.20. The zero-order chi connectivity index (χ0) is 10.6. The summed E-state index contributed by atoms with van der Waals surface area (Å²) in [6, 6.07) is 0. The smallest absolute Gasteiger partial charge is 0.224 e. The number of carbonyl (C=O) groups is 1. The number of nitrogens with zero attached hydrogens (tertiary/aromatic N) is 1. The van der Waals surface area contributed by atoms with Crippen molar-refractivity contribution in [2.24, 2.45) is 11.8 Å². The molecule has 0 radical (unpaired) electrons. The van der Waals surface area contributed by atoms with E-state index >= 15 is 0 Å². The Kier molecular flexibility index (Phi) is 4.39. The summed E-state index contributed by atoms with van der Waals surface area (Å²) in [6.07, 6.45) is 2.52. The molecular weight excluding hydrogens is 178 g/mol. The molecule has 1 N–H and O–H groups in total. The number of hydrogen-bond acceptors (Lipinski definition) is 2. The molecule has 0 aromatic heterocycles. The number of likely N-dealkylation sites (tertiary alicyclic amines) is 1. The number of hydrogen-bond donors (Lipinski definition) is 1. The lowest BCUT2D eigenvalue weighted by molar-refractivity contribution is -0.133. The fourth-order valence-electron chi connectivity index (χ4n) is 2.07. The predicted octanol–water partition coefficient (Wildman–Crippen LogP) is 1.26. The SMILES string of the molecule is CC(C)C1CCN(C(=O)CCO)CC1. The second-order valence-corrected chi connectivity index (χ2v) is 4.44. The number of amides is 1. The summed E-state index contributed by atoms with van der Waals surface area (Å²) in [7, 11) is 0. The van der Waals surface area contributed by atoms with Gasteiger partial charge in [-0.1, -0.05) is 13.8 Å². The topological polar surface area (TPSA) is 40.5 Å². The molecule has 0 saturated carbocycles. The van der Waals surface area contributed by atoms with Gasteiger partial charge >= 0.3 is 0 Å². The summed E-state index contributed by atoms with van der Waals surface area (Å²) in [5.74, 6) is 1.60. The minimum absolute atomic E-state index is 0.0249. The molecule has 1 saturated heterocycles. The van der Waals surface area contributed by atoms with Crippen LogP contribution in [-0.4, -0.2) is 35.6 Å². The van der Waals surface area contributed by atoms with Crippen molar-refractivity contribution in [3.63, 3.8) is 0 Å². The lowest BCUT2D eigenvalue weighted by Crippen LogP contribution is -2.39. The third-order valence-electron chi connectivity index (χ3n) is 3.16. The van der Waals surface area contributed by atoms with Gasteiger partial charge in [-0.15, -0.1) is 0 Å². The average molecular weight is 199 g/mol. The monoisotopic (exact) mass is 199 g/mol. The van der Waals surface area contributed by atoms with Gasteiger partial charge in [0.05, 0.1) is 6.61 Å². The summed E-state index contributed by atoms with van der Waals surface area (Å²) in [6.45, 7) is 6.22. The second kappa shape index (κ2) is 5.35. The molecule has 3 nitrogen and oxygen atoms in total. The van der Waals surface area contributed by atoms with Crippen molar-refractivity contribution in [3.05, 3.63) is 0 Å². The summed E-state index contributed by atoms with van der Waals surface area (Å²) in [5.41, 5.74) is 0. The molecule has 1 rings (SSSR count). The highest BCUT2D eigenvalue weighted by molar-refractivity contribution is 5.76. The molecule has 0 aromatic carbocycles. The molecule has 0 aromatic rings. The number of carbonyl (C=O) groups excluding carboxylic acids is 1. The average Bonchev–Trinajstić information content (AvgIpc) is 2.18. The molecule has 14 heavy (non-hydrogen) atoms. The first-order valence-corrected chi connectivity index (χ1v) is 5.53. The van der Waals surface area contributed by atoms with E-state index in [1.807, 2.05) is 4.90 Å². The first-order valence-electron chi connectivity index (χ1n) is 5.53. The van der Waals surface area contributed by atoms with Crippen molar-refractivity contribution < 1.29 is 9.90 Å². The van der Waals surface area contributed by atoms with Crippen LogP contribution in [0.4, 0.5) is 0 Å². The van der Waals surface area contributed by atoms with Crippen molar-refractivity contribution in [3.8, 4) is 0 Å². The summed E-state index contributed by atoms with van der Waals surface area (Å²) < 4.78 is 0. The van der Waals surface area contributed by atoms with Gasteiger partial charge in [0.1, 0.15) is 0 Å². The van der Waals surface area contributed by atoms with Crippen molar-refractivity contribution in [2.45, 2.75) is 33.1 Å². The van der Waals surface area contributed by atoms with E-state index in [1.165, 1.54) is 0 Å². The van der Waals surface area contributed by atoms with Crippen LogP contribution in [0.2, 0.25) is 0 Å². The molecule has 0 aliphatic carbocycles. The Morgan fingerprint density at radius 3 is 2.43 bits per heavy atom. The van der Waals surface area contributed by atoms with Gasteiger partial charge in [-0.05, 0) is 24.7 Å². The quantitative estimate of drug-likeness (QED) is 0.743. The van der Waals surface area contributed by atoms with Crippen LogP contribution >= 0.6 is 0 Å². The summed E-state index contributed by atoms with van der Waals surface area (Å²) in [5, 5.41) is 8.66. The number of rotatable bonds is 3. The van der Waals surface area contributed by atoms with E-state index in [0.29, 0.717) is 0 Å². The first-order chi connectivity index (χ1) is 6.65. The van der Waals surface area contributed by atoms with Crippen LogP contribution in [0.15, 0.2) is 0 Å². The zero-order valence-electron chi connectivity index (χ0n) is 9.20. The van der Waals surface area contributed by atoms with Gasteiger partial charge in [0.25, 0.3) is 0 Å². The molecule has 1 heterocycles. The van der Waals surface area contributed by atoms with Gasteiger partial charge in [0.15, 0.2) is 0 Å². The largest absolute Gasteiger partial charge is 0.396 e. The molecule has 0 bridgehead atoms. The molecule has 3 heteroatoms. The van der Waals surface area contributed by atoms with E-state index in [0.717, 1.165) is 37.8 Å². The van der Waals surface area contributed by atoms with E-state index in [9.17, 15) is 4.79 Å². The fourth-order valence-corrected chi connectivity index (χ4v) is 2.07. The molecule has 1 amide bonds. The van der Waals surface area contributed by atoms with Gasteiger partial charge < -0.3 is 10.0 Å². The van der Waals surface area contributed by atoms with Gasteiger partial charge in [0, 0.05) is 19.5 Å². The van der Waals surface area contributed by atoms with Crippen LogP contribution in [0.1, 0.15) is 33.1 Å². The van der Waals surface area contributed by atoms with Crippen LogP contribution in [-0.2, 0) is 4.79 Å². The highest BCUT2D eigenvalue weighted by Crippen LogP contribution is 2.24. The Hall–Kier alpha value is -0.570. The molecule has 1 aliphatic rings. The molecule has 0 unspecified atom stereocenters. The highest BCUT2D eigenvalue weighted by Gasteiger charge is 2.23. The Morgan fingerprint density at radius 2 is 2.00 bits per heavy atom. The third kappa shape index (κ3) is 2.98. The van der Waals surface area contributed by atoms with E-state index in [-0.39, 0.29) is 18.9 Å². The maximum atomic E-state index is 11.4. The van der Waals surface area contributed by atoms with Crippen LogP contribution in [0.3, 0.4) is 0 Å². The van der Waals surface area contributed by atoms with E-state index < -0.39 is 0 Å². The second-order valence-electron chi connectivity index (χ2n) is 4.44. The standard InChI is InChI=1S/C11H21NO2/c1-9(2)10-3-6-12(7-4-10)11(14)5-8-13/h9-10,13H,3-8H2,1-2H3. The van der Waals surface area contributed by atoms with Crippen molar-refractivity contribution >= 4 is 5.91 Å². The maximum Gasteiger partial charge on any atom is 0.224 e. The molecule has 0 spiro atoms. The number of aliphatic hydroxyl groups excluding tert-OH is 1. The van der Waals surface area contributed by atoms with E-state index in [2.05, 4.69) is 13.8 Å². The van der Waals surface area contributed by atoms with E-state index in [4.69, 9.17) is 5.11 Å². The third-order valence-corrected chi connectivity index (χ3v) is 3.16. The Labute approximate surface area is 86.1 Å². The minimum Gasteiger partial charge on any atom is -0.396 e. The fraction of sp³-hybridized carbons (Fsp3) is 0.909. The Morgan fingerprint density at radius 1 is 1.43 bits per heavy atom. The van der Waals surface area contributed by atoms with Crippen LogP contribution in [0, 0.1) is 11.8 Å². The summed E-state index contributed by atoms with van der Waals surface area (Å²) in [4.78, 5) is 13.3. The predicted molar refractivity (Wildman–Crippen MR) is 55.8 cm³/mol. The minimum atomic E-state index is -0.0249. The van der Waals surface area contributed by atoms with Gasteiger partial charge in [-0.2, -0.15) is 0 Å². The van der Waals surface area contributed by atoms with Crippen molar-refractivity contribution in [1.82, 2.24) is 4.90 Å². The van der Waals surface area contributed by atoms with Gasteiger partial charge in [0.2, 0.25) is 5.91 Å². The first kappa shape index (κ1) is 11.5. The lowest BCUT2D eigenvalue weighted by atomic mass is 9.86.